The second-order valence-corrected chi connectivity index (χ2v) is 6.87. The van der Waals surface area contributed by atoms with Crippen LogP contribution >= 0.6 is 0 Å². The van der Waals surface area contributed by atoms with E-state index in [-0.39, 0.29) is 5.91 Å². The van der Waals surface area contributed by atoms with E-state index in [0.717, 1.165) is 42.8 Å². The van der Waals surface area contributed by atoms with E-state index in [1.807, 2.05) is 31.9 Å². The molecule has 2 rings (SSSR count). The SMILES string of the molecule is CNC1CCCN(C(=O)C(C)Oc2cc(C)ccc2C(C)C)C1. The number of benzene rings is 1. The van der Waals surface area contributed by atoms with Crippen LogP contribution in [0.5, 0.6) is 5.75 Å². The van der Waals surface area contributed by atoms with Gasteiger partial charge in [-0.15, -0.1) is 0 Å². The quantitative estimate of drug-likeness (QED) is 0.907. The highest BCUT2D eigenvalue weighted by Gasteiger charge is 2.27. The van der Waals surface area contributed by atoms with Gasteiger partial charge in [0.25, 0.3) is 5.91 Å². The highest BCUT2D eigenvalue weighted by molar-refractivity contribution is 5.81. The largest absolute Gasteiger partial charge is 0.481 e. The summed E-state index contributed by atoms with van der Waals surface area (Å²) in [5, 5.41) is 3.27. The fraction of sp³-hybridized carbons (Fsp3) is 0.632. The summed E-state index contributed by atoms with van der Waals surface area (Å²) >= 11 is 0. The summed E-state index contributed by atoms with van der Waals surface area (Å²) in [7, 11) is 1.96. The third-order valence-corrected chi connectivity index (χ3v) is 4.58. The first-order chi connectivity index (χ1) is 10.9. The Kier molecular flexibility index (Phi) is 6.05. The molecule has 1 N–H and O–H groups in total. The molecular weight excluding hydrogens is 288 g/mol. The second-order valence-electron chi connectivity index (χ2n) is 6.87. The van der Waals surface area contributed by atoms with E-state index in [4.69, 9.17) is 4.74 Å². The first kappa shape index (κ1) is 17.8. The molecule has 0 saturated carbocycles. The van der Waals surface area contributed by atoms with Gasteiger partial charge in [0.15, 0.2) is 6.10 Å². The zero-order valence-corrected chi connectivity index (χ0v) is 15.1. The lowest BCUT2D eigenvalue weighted by Gasteiger charge is -2.34. The van der Waals surface area contributed by atoms with Gasteiger partial charge in [-0.2, -0.15) is 0 Å². The Balaban J connectivity index is 2.08. The van der Waals surface area contributed by atoms with Crippen molar-refractivity contribution in [2.24, 2.45) is 0 Å². The molecule has 4 heteroatoms. The molecule has 1 aromatic rings. The molecule has 1 aliphatic rings. The van der Waals surface area contributed by atoms with Crippen LogP contribution in [0.1, 0.15) is 50.7 Å². The fourth-order valence-electron chi connectivity index (χ4n) is 3.13. The van der Waals surface area contributed by atoms with E-state index in [2.05, 4.69) is 31.3 Å². The molecule has 1 aromatic carbocycles. The number of amides is 1. The van der Waals surface area contributed by atoms with Gasteiger partial charge in [-0.05, 0) is 56.8 Å². The number of rotatable bonds is 5. The third kappa shape index (κ3) is 4.47. The van der Waals surface area contributed by atoms with Crippen LogP contribution < -0.4 is 10.1 Å². The van der Waals surface area contributed by atoms with E-state index in [0.29, 0.717) is 12.0 Å². The molecule has 1 aliphatic heterocycles. The fourth-order valence-corrected chi connectivity index (χ4v) is 3.13. The molecule has 0 bridgehead atoms. The summed E-state index contributed by atoms with van der Waals surface area (Å²) in [4.78, 5) is 14.6. The van der Waals surface area contributed by atoms with Crippen molar-refractivity contribution in [1.29, 1.82) is 0 Å². The highest BCUT2D eigenvalue weighted by atomic mass is 16.5. The molecule has 1 fully saturated rings. The van der Waals surface area contributed by atoms with Crippen molar-refractivity contribution in [3.05, 3.63) is 29.3 Å². The van der Waals surface area contributed by atoms with Crippen LogP contribution in [-0.2, 0) is 4.79 Å². The van der Waals surface area contributed by atoms with Crippen molar-refractivity contribution in [3.8, 4) is 5.75 Å². The standard InChI is InChI=1S/C19H30N2O2/c1-13(2)17-9-8-14(3)11-18(17)23-15(4)19(22)21-10-6-7-16(12-21)20-5/h8-9,11,13,15-16,20H,6-7,10,12H2,1-5H3. The van der Waals surface area contributed by atoms with Gasteiger partial charge in [-0.3, -0.25) is 4.79 Å². The number of piperidine rings is 1. The van der Waals surface area contributed by atoms with E-state index in [1.165, 1.54) is 0 Å². The number of hydrogen-bond acceptors (Lipinski definition) is 3. The first-order valence-electron chi connectivity index (χ1n) is 8.65. The maximum Gasteiger partial charge on any atom is 0.263 e. The lowest BCUT2D eigenvalue weighted by molar-refractivity contribution is -0.139. The van der Waals surface area contributed by atoms with Gasteiger partial charge < -0.3 is 15.0 Å². The predicted octanol–water partition coefficient (Wildman–Crippen LogP) is 3.10. The summed E-state index contributed by atoms with van der Waals surface area (Å²) in [6.45, 7) is 9.80. The summed E-state index contributed by atoms with van der Waals surface area (Å²) in [5.41, 5.74) is 2.30. The molecule has 1 saturated heterocycles. The molecule has 2 unspecified atom stereocenters. The summed E-state index contributed by atoms with van der Waals surface area (Å²) < 4.78 is 6.06. The number of carbonyl (C=O) groups excluding carboxylic acids is 1. The van der Waals surface area contributed by atoms with Crippen LogP contribution in [0.4, 0.5) is 0 Å². The Morgan fingerprint density at radius 2 is 2.09 bits per heavy atom. The molecule has 0 aromatic heterocycles. The average molecular weight is 318 g/mol. The summed E-state index contributed by atoms with van der Waals surface area (Å²) in [6, 6.07) is 6.62. The van der Waals surface area contributed by atoms with E-state index >= 15 is 0 Å². The maximum atomic E-state index is 12.7. The van der Waals surface area contributed by atoms with Crippen LogP contribution in [0.3, 0.4) is 0 Å². The number of hydrogen-bond donors (Lipinski definition) is 1. The van der Waals surface area contributed by atoms with Gasteiger partial charge in [0.1, 0.15) is 5.75 Å². The normalized spacial score (nSPS) is 19.7. The molecule has 0 radical (unpaired) electrons. The number of likely N-dealkylation sites (tertiary alicyclic amines) is 1. The Bertz CT molecular complexity index is 542. The minimum Gasteiger partial charge on any atom is -0.481 e. The molecule has 23 heavy (non-hydrogen) atoms. The number of aryl methyl sites for hydroxylation is 1. The van der Waals surface area contributed by atoms with Crippen molar-refractivity contribution >= 4 is 5.91 Å². The van der Waals surface area contributed by atoms with E-state index in [9.17, 15) is 4.79 Å². The third-order valence-electron chi connectivity index (χ3n) is 4.58. The Morgan fingerprint density at radius 1 is 1.35 bits per heavy atom. The van der Waals surface area contributed by atoms with Crippen LogP contribution in [0, 0.1) is 6.92 Å². The number of likely N-dealkylation sites (N-methyl/N-ethyl adjacent to an activating group) is 1. The highest BCUT2D eigenvalue weighted by Crippen LogP contribution is 2.28. The van der Waals surface area contributed by atoms with Crippen molar-refractivity contribution in [2.75, 3.05) is 20.1 Å². The van der Waals surface area contributed by atoms with Crippen molar-refractivity contribution in [2.45, 2.75) is 58.6 Å². The van der Waals surface area contributed by atoms with Crippen molar-refractivity contribution in [1.82, 2.24) is 10.2 Å². The molecule has 0 aliphatic carbocycles. The Hall–Kier alpha value is -1.55. The molecule has 1 amide bonds. The van der Waals surface area contributed by atoms with Gasteiger partial charge in [-0.25, -0.2) is 0 Å². The lowest BCUT2D eigenvalue weighted by Crippen LogP contribution is -2.50. The van der Waals surface area contributed by atoms with Crippen LogP contribution in [0.2, 0.25) is 0 Å². The minimum absolute atomic E-state index is 0.0844. The number of nitrogens with zero attached hydrogens (tertiary/aromatic N) is 1. The van der Waals surface area contributed by atoms with E-state index < -0.39 is 6.10 Å². The summed E-state index contributed by atoms with van der Waals surface area (Å²) in [6.07, 6.45) is 1.72. The topological polar surface area (TPSA) is 41.6 Å². The van der Waals surface area contributed by atoms with Crippen LogP contribution in [-0.4, -0.2) is 43.1 Å². The number of carbonyl (C=O) groups is 1. The molecule has 0 spiro atoms. The zero-order chi connectivity index (χ0) is 17.0. The second kappa shape index (κ2) is 7.82. The van der Waals surface area contributed by atoms with Crippen LogP contribution in [0.25, 0.3) is 0 Å². The van der Waals surface area contributed by atoms with Gasteiger partial charge in [0, 0.05) is 19.1 Å². The summed E-state index contributed by atoms with van der Waals surface area (Å²) in [5.74, 6) is 1.29. The minimum atomic E-state index is -0.454. The van der Waals surface area contributed by atoms with Gasteiger partial charge >= 0.3 is 0 Å². The molecule has 4 nitrogen and oxygen atoms in total. The smallest absolute Gasteiger partial charge is 0.263 e. The monoisotopic (exact) mass is 318 g/mol. The Morgan fingerprint density at radius 3 is 2.74 bits per heavy atom. The number of nitrogens with one attached hydrogen (secondary N) is 1. The molecule has 128 valence electrons. The van der Waals surface area contributed by atoms with Crippen molar-refractivity contribution < 1.29 is 9.53 Å². The maximum absolute atomic E-state index is 12.7. The Labute approximate surface area is 140 Å². The van der Waals surface area contributed by atoms with Gasteiger partial charge in [-0.1, -0.05) is 26.0 Å². The predicted molar refractivity (Wildman–Crippen MR) is 94.0 cm³/mol. The van der Waals surface area contributed by atoms with E-state index in [1.54, 1.807) is 0 Å². The molecule has 1 heterocycles. The average Bonchev–Trinajstić information content (AvgIpc) is 2.53. The van der Waals surface area contributed by atoms with Crippen molar-refractivity contribution in [3.63, 3.8) is 0 Å². The van der Waals surface area contributed by atoms with Gasteiger partial charge in [0.05, 0.1) is 0 Å². The molecular formula is C19H30N2O2. The first-order valence-corrected chi connectivity index (χ1v) is 8.65. The van der Waals surface area contributed by atoms with Gasteiger partial charge in [0.2, 0.25) is 0 Å². The zero-order valence-electron chi connectivity index (χ0n) is 15.1. The number of ether oxygens (including phenoxy) is 1. The van der Waals surface area contributed by atoms with Crippen LogP contribution in [0.15, 0.2) is 18.2 Å². The lowest BCUT2D eigenvalue weighted by atomic mass is 10.0. The molecule has 2 atom stereocenters.